The van der Waals surface area contributed by atoms with Crippen LogP contribution in [0, 0.1) is 6.92 Å². The fourth-order valence-corrected chi connectivity index (χ4v) is 2.85. The van der Waals surface area contributed by atoms with Crippen LogP contribution in [0.15, 0.2) is 47.4 Å². The van der Waals surface area contributed by atoms with Crippen molar-refractivity contribution in [2.75, 3.05) is 7.11 Å². The third-order valence-corrected chi connectivity index (χ3v) is 4.07. The molecule has 0 saturated heterocycles. The molecule has 120 valence electrons. The van der Waals surface area contributed by atoms with Crippen molar-refractivity contribution in [2.45, 2.75) is 6.92 Å². The molecule has 2 aromatic heterocycles. The Hall–Kier alpha value is -2.86. The van der Waals surface area contributed by atoms with Crippen molar-refractivity contribution in [3.63, 3.8) is 0 Å². The average Bonchev–Trinajstić information content (AvgIpc) is 3.24. The summed E-state index contributed by atoms with van der Waals surface area (Å²) in [6.45, 7) is 1.98. The summed E-state index contributed by atoms with van der Waals surface area (Å²) in [7, 11) is 1.58. The number of aryl methyl sites for hydroxylation is 1. The summed E-state index contributed by atoms with van der Waals surface area (Å²) in [5.74, 6) is 1.13. The number of halogens is 1. The zero-order valence-corrected chi connectivity index (χ0v) is 13.8. The first-order chi connectivity index (χ1) is 11.7. The highest BCUT2D eigenvalue weighted by Crippen LogP contribution is 2.32. The lowest BCUT2D eigenvalue weighted by Crippen LogP contribution is -1.91. The van der Waals surface area contributed by atoms with E-state index in [1.54, 1.807) is 31.9 Å². The minimum absolute atomic E-state index is 0.513. The van der Waals surface area contributed by atoms with Gasteiger partial charge >= 0.3 is 0 Å². The largest absolute Gasteiger partial charge is 0.495 e. The Morgan fingerprint density at radius 3 is 2.62 bits per heavy atom. The molecule has 0 radical (unpaired) electrons. The van der Waals surface area contributed by atoms with Crippen molar-refractivity contribution in [2.24, 2.45) is 0 Å². The van der Waals surface area contributed by atoms with Crippen LogP contribution in [0.2, 0.25) is 5.02 Å². The standard InChI is InChI=1S/C17H13ClN4O2/c1-10-5-12(22-8-19-20-9-22)7-14-16(10)24-17(21-14)11-3-4-15(23-2)13(18)6-11/h3-9H,1-2H3. The maximum absolute atomic E-state index is 6.19. The molecule has 2 heterocycles. The van der Waals surface area contributed by atoms with E-state index < -0.39 is 0 Å². The van der Waals surface area contributed by atoms with Gasteiger partial charge in [0.05, 0.1) is 17.8 Å². The molecule has 0 unspecified atom stereocenters. The highest BCUT2D eigenvalue weighted by atomic mass is 35.5. The number of methoxy groups -OCH3 is 1. The normalized spacial score (nSPS) is 11.1. The van der Waals surface area contributed by atoms with Gasteiger partial charge in [-0.1, -0.05) is 11.6 Å². The quantitative estimate of drug-likeness (QED) is 0.563. The molecule has 0 amide bonds. The van der Waals surface area contributed by atoms with E-state index >= 15 is 0 Å². The summed E-state index contributed by atoms with van der Waals surface area (Å²) in [4.78, 5) is 4.59. The van der Waals surface area contributed by atoms with Crippen LogP contribution >= 0.6 is 11.6 Å². The molecule has 0 saturated carbocycles. The third-order valence-electron chi connectivity index (χ3n) is 3.78. The number of rotatable bonds is 3. The lowest BCUT2D eigenvalue weighted by Gasteiger charge is -2.03. The minimum atomic E-state index is 0.513. The van der Waals surface area contributed by atoms with E-state index in [-0.39, 0.29) is 0 Å². The number of nitrogens with zero attached hydrogens (tertiary/aromatic N) is 4. The Balaban J connectivity index is 1.83. The maximum atomic E-state index is 6.19. The molecule has 6 nitrogen and oxygen atoms in total. The number of aromatic nitrogens is 4. The van der Waals surface area contributed by atoms with Gasteiger partial charge in [0.25, 0.3) is 0 Å². The van der Waals surface area contributed by atoms with Crippen molar-refractivity contribution in [1.82, 2.24) is 19.7 Å². The number of fused-ring (bicyclic) bond motifs is 1. The lowest BCUT2D eigenvalue weighted by atomic mass is 10.2. The zero-order valence-electron chi connectivity index (χ0n) is 13.0. The molecule has 0 fully saturated rings. The van der Waals surface area contributed by atoms with Gasteiger partial charge in [-0.2, -0.15) is 0 Å². The molecule has 0 atom stereocenters. The van der Waals surface area contributed by atoms with Crippen LogP contribution in [0.5, 0.6) is 5.75 Å². The van der Waals surface area contributed by atoms with Crippen molar-refractivity contribution in [3.05, 3.63) is 53.6 Å². The second kappa shape index (κ2) is 5.65. The SMILES string of the molecule is COc1ccc(-c2nc3cc(-n4cnnc4)cc(C)c3o2)cc1Cl. The summed E-state index contributed by atoms with van der Waals surface area (Å²) < 4.78 is 12.9. The fourth-order valence-electron chi connectivity index (χ4n) is 2.59. The Morgan fingerprint density at radius 1 is 1.12 bits per heavy atom. The highest BCUT2D eigenvalue weighted by Gasteiger charge is 2.13. The molecule has 7 heteroatoms. The first-order valence-corrected chi connectivity index (χ1v) is 7.63. The third kappa shape index (κ3) is 2.41. The molecule has 0 aliphatic carbocycles. The van der Waals surface area contributed by atoms with Gasteiger partial charge in [0.1, 0.15) is 23.9 Å². The molecule has 0 spiro atoms. The van der Waals surface area contributed by atoms with Crippen LogP contribution in [0.1, 0.15) is 5.56 Å². The van der Waals surface area contributed by atoms with Crippen LogP contribution in [0.3, 0.4) is 0 Å². The van der Waals surface area contributed by atoms with E-state index in [1.807, 2.05) is 29.7 Å². The van der Waals surface area contributed by atoms with Gasteiger partial charge in [0, 0.05) is 5.56 Å². The topological polar surface area (TPSA) is 66.0 Å². The minimum Gasteiger partial charge on any atom is -0.495 e. The van der Waals surface area contributed by atoms with Crippen LogP contribution in [0.4, 0.5) is 0 Å². The molecule has 2 aromatic carbocycles. The number of ether oxygens (including phenoxy) is 1. The number of hydrogen-bond donors (Lipinski definition) is 0. The predicted molar refractivity (Wildman–Crippen MR) is 90.7 cm³/mol. The molecule has 0 aliphatic heterocycles. The van der Waals surface area contributed by atoms with E-state index in [1.165, 1.54) is 0 Å². The molecular formula is C17H13ClN4O2. The predicted octanol–water partition coefficient (Wildman–Crippen LogP) is 4.05. The van der Waals surface area contributed by atoms with E-state index in [0.29, 0.717) is 16.7 Å². The second-order valence-electron chi connectivity index (χ2n) is 5.35. The van der Waals surface area contributed by atoms with Crippen LogP contribution in [0.25, 0.3) is 28.2 Å². The van der Waals surface area contributed by atoms with Crippen molar-refractivity contribution in [3.8, 4) is 22.9 Å². The molecule has 0 N–H and O–H groups in total. The summed E-state index contributed by atoms with van der Waals surface area (Å²) in [5, 5.41) is 8.17. The van der Waals surface area contributed by atoms with Crippen LogP contribution in [-0.4, -0.2) is 26.9 Å². The average molecular weight is 341 g/mol. The van der Waals surface area contributed by atoms with Gasteiger partial charge in [-0.3, -0.25) is 4.57 Å². The van der Waals surface area contributed by atoms with Gasteiger partial charge in [-0.15, -0.1) is 10.2 Å². The summed E-state index contributed by atoms with van der Waals surface area (Å²) in [5.41, 5.74) is 4.21. The van der Waals surface area contributed by atoms with Crippen molar-refractivity contribution < 1.29 is 9.15 Å². The van der Waals surface area contributed by atoms with Crippen molar-refractivity contribution in [1.29, 1.82) is 0 Å². The Labute approximate surface area is 142 Å². The fraction of sp³-hybridized carbons (Fsp3) is 0.118. The second-order valence-corrected chi connectivity index (χ2v) is 5.76. The van der Waals surface area contributed by atoms with Gasteiger partial charge in [-0.05, 0) is 42.8 Å². The molecule has 0 bridgehead atoms. The first-order valence-electron chi connectivity index (χ1n) is 7.26. The molecule has 24 heavy (non-hydrogen) atoms. The smallest absolute Gasteiger partial charge is 0.227 e. The molecular weight excluding hydrogens is 328 g/mol. The summed E-state index contributed by atoms with van der Waals surface area (Å²) in [6.07, 6.45) is 3.29. The number of oxazole rings is 1. The van der Waals surface area contributed by atoms with Crippen LogP contribution in [-0.2, 0) is 0 Å². The number of hydrogen-bond acceptors (Lipinski definition) is 5. The van der Waals surface area contributed by atoms with Gasteiger partial charge in [-0.25, -0.2) is 4.98 Å². The maximum Gasteiger partial charge on any atom is 0.227 e. The molecule has 4 aromatic rings. The lowest BCUT2D eigenvalue weighted by molar-refractivity contribution is 0.415. The molecule has 4 rings (SSSR count). The van der Waals surface area contributed by atoms with Gasteiger partial charge in [0.15, 0.2) is 5.58 Å². The Morgan fingerprint density at radius 2 is 1.92 bits per heavy atom. The van der Waals surface area contributed by atoms with Crippen LogP contribution < -0.4 is 4.74 Å². The van der Waals surface area contributed by atoms with E-state index in [9.17, 15) is 0 Å². The van der Waals surface area contributed by atoms with E-state index in [2.05, 4.69) is 15.2 Å². The number of benzene rings is 2. The monoisotopic (exact) mass is 340 g/mol. The summed E-state index contributed by atoms with van der Waals surface area (Å²) in [6, 6.07) is 9.38. The van der Waals surface area contributed by atoms with Crippen molar-refractivity contribution >= 4 is 22.7 Å². The first kappa shape index (κ1) is 14.7. The van der Waals surface area contributed by atoms with Gasteiger partial charge in [0.2, 0.25) is 5.89 Å². The van der Waals surface area contributed by atoms with E-state index in [0.717, 1.165) is 27.9 Å². The van der Waals surface area contributed by atoms with Gasteiger partial charge < -0.3 is 9.15 Å². The van der Waals surface area contributed by atoms with E-state index in [4.69, 9.17) is 20.8 Å². The Kier molecular flexibility index (Phi) is 3.46. The highest BCUT2D eigenvalue weighted by molar-refractivity contribution is 6.32. The molecule has 0 aliphatic rings. The zero-order chi connectivity index (χ0) is 16.7. The Bertz CT molecular complexity index is 1020. The summed E-state index contributed by atoms with van der Waals surface area (Å²) >= 11 is 6.19.